The maximum atomic E-state index is 12.8. The molecule has 0 aromatic heterocycles. The van der Waals surface area contributed by atoms with E-state index in [0.29, 0.717) is 19.4 Å². The van der Waals surface area contributed by atoms with Crippen molar-refractivity contribution >= 4 is 12.0 Å². The number of methoxy groups -OCH3 is 1. The van der Waals surface area contributed by atoms with Crippen LogP contribution in [0, 0.1) is 0 Å². The van der Waals surface area contributed by atoms with Gasteiger partial charge in [0.25, 0.3) is 0 Å². The second-order valence-electron chi connectivity index (χ2n) is 7.48. The molecule has 7 heteroatoms. The zero-order valence-electron chi connectivity index (χ0n) is 15.8. The zero-order chi connectivity index (χ0) is 19.3. The molecule has 1 aliphatic rings. The lowest BCUT2D eigenvalue weighted by atomic mass is 10.0. The number of amides is 2. The Morgan fingerprint density at radius 3 is 2.46 bits per heavy atom. The lowest BCUT2D eigenvalue weighted by Gasteiger charge is -2.26. The molecule has 1 aliphatic heterocycles. The molecular formula is C19H28N2O5. The average Bonchev–Trinajstić information content (AvgIpc) is 2.99. The normalized spacial score (nSPS) is 18.3. The number of hydrogen-bond donors (Lipinski definition) is 2. The van der Waals surface area contributed by atoms with Gasteiger partial charge >= 0.3 is 6.09 Å². The number of benzene rings is 1. The smallest absolute Gasteiger partial charge is 0.408 e. The molecule has 0 radical (unpaired) electrons. The van der Waals surface area contributed by atoms with Crippen LogP contribution in [0.15, 0.2) is 24.3 Å². The maximum Gasteiger partial charge on any atom is 0.408 e. The Morgan fingerprint density at radius 1 is 1.31 bits per heavy atom. The van der Waals surface area contributed by atoms with E-state index >= 15 is 0 Å². The molecule has 2 atom stereocenters. The van der Waals surface area contributed by atoms with Crippen molar-refractivity contribution < 1.29 is 24.2 Å². The van der Waals surface area contributed by atoms with Crippen LogP contribution in [0.5, 0.6) is 5.75 Å². The lowest BCUT2D eigenvalue weighted by molar-refractivity contribution is -0.132. The first-order valence-electron chi connectivity index (χ1n) is 8.77. The Morgan fingerprint density at radius 2 is 1.96 bits per heavy atom. The molecule has 0 aliphatic carbocycles. The number of nitrogens with one attached hydrogen (secondary N) is 1. The first-order valence-corrected chi connectivity index (χ1v) is 8.77. The molecular weight excluding hydrogens is 336 g/mol. The van der Waals surface area contributed by atoms with Crippen molar-refractivity contribution in [2.75, 3.05) is 20.2 Å². The van der Waals surface area contributed by atoms with Gasteiger partial charge in [-0.15, -0.1) is 0 Å². The summed E-state index contributed by atoms with van der Waals surface area (Å²) in [5.41, 5.74) is 0.238. The Balaban J connectivity index is 2.11. The van der Waals surface area contributed by atoms with Gasteiger partial charge in [0.2, 0.25) is 5.91 Å². The number of rotatable bonds is 5. The Labute approximate surface area is 154 Å². The monoisotopic (exact) mass is 364 g/mol. The van der Waals surface area contributed by atoms with Gasteiger partial charge in [0.1, 0.15) is 17.4 Å². The number of aliphatic hydroxyl groups excluding tert-OH is 1. The van der Waals surface area contributed by atoms with Crippen LogP contribution >= 0.6 is 0 Å². The predicted octanol–water partition coefficient (Wildman–Crippen LogP) is 1.72. The van der Waals surface area contributed by atoms with Crippen molar-refractivity contribution in [3.05, 3.63) is 29.8 Å². The van der Waals surface area contributed by atoms with E-state index in [1.807, 2.05) is 24.3 Å². The van der Waals surface area contributed by atoms with Gasteiger partial charge in [-0.1, -0.05) is 12.1 Å². The van der Waals surface area contributed by atoms with Crippen molar-refractivity contribution in [1.82, 2.24) is 10.2 Å². The number of carbonyl (C=O) groups excluding carboxylic acids is 2. The molecule has 2 N–H and O–H groups in total. The third-order valence-corrected chi connectivity index (χ3v) is 4.06. The van der Waals surface area contributed by atoms with Crippen molar-refractivity contribution in [3.63, 3.8) is 0 Å². The molecule has 7 nitrogen and oxygen atoms in total. The Bertz CT molecular complexity index is 624. The number of β-amino-alcohol motifs (C(OH)–C–C–N with tert-alkyl or cyclic N) is 1. The fourth-order valence-corrected chi connectivity index (χ4v) is 2.81. The topological polar surface area (TPSA) is 88.1 Å². The summed E-state index contributed by atoms with van der Waals surface area (Å²) in [6.45, 7) is 6.07. The average molecular weight is 364 g/mol. The summed E-state index contributed by atoms with van der Waals surface area (Å²) < 4.78 is 10.4. The molecule has 1 saturated heterocycles. The highest BCUT2D eigenvalue weighted by molar-refractivity contribution is 5.86. The second-order valence-corrected chi connectivity index (χ2v) is 7.48. The minimum absolute atomic E-state index is 0.219. The fourth-order valence-electron chi connectivity index (χ4n) is 2.81. The zero-order valence-corrected chi connectivity index (χ0v) is 15.8. The highest BCUT2D eigenvalue weighted by Gasteiger charge is 2.32. The molecule has 0 bridgehead atoms. The van der Waals surface area contributed by atoms with Gasteiger partial charge in [-0.25, -0.2) is 4.79 Å². The second kappa shape index (κ2) is 8.40. The molecule has 2 amide bonds. The van der Waals surface area contributed by atoms with E-state index in [-0.39, 0.29) is 12.5 Å². The highest BCUT2D eigenvalue weighted by Crippen LogP contribution is 2.16. The number of ether oxygens (including phenoxy) is 2. The summed E-state index contributed by atoms with van der Waals surface area (Å²) in [7, 11) is 1.59. The van der Waals surface area contributed by atoms with E-state index < -0.39 is 23.8 Å². The molecule has 1 aromatic carbocycles. The van der Waals surface area contributed by atoms with Crippen molar-refractivity contribution in [3.8, 4) is 5.75 Å². The largest absolute Gasteiger partial charge is 0.497 e. The molecule has 0 spiro atoms. The maximum absolute atomic E-state index is 12.8. The van der Waals surface area contributed by atoms with Crippen LogP contribution < -0.4 is 10.1 Å². The summed E-state index contributed by atoms with van der Waals surface area (Å²) in [6, 6.07) is 6.57. The Kier molecular flexibility index (Phi) is 6.47. The van der Waals surface area contributed by atoms with E-state index in [2.05, 4.69) is 5.32 Å². The van der Waals surface area contributed by atoms with Crippen LogP contribution in [0.3, 0.4) is 0 Å². The number of hydrogen-bond acceptors (Lipinski definition) is 5. The van der Waals surface area contributed by atoms with Gasteiger partial charge in [-0.2, -0.15) is 0 Å². The van der Waals surface area contributed by atoms with E-state index in [0.717, 1.165) is 11.3 Å². The molecule has 0 unspecified atom stereocenters. The SMILES string of the molecule is COc1ccc(C[C@@H](NC(=O)OC(C)(C)C)C(=O)N2CC[C@@H](O)C2)cc1. The number of alkyl carbamates (subject to hydrolysis) is 1. The van der Waals surface area contributed by atoms with Crippen LogP contribution in [-0.2, 0) is 16.0 Å². The van der Waals surface area contributed by atoms with Crippen LogP contribution in [0.2, 0.25) is 0 Å². The van der Waals surface area contributed by atoms with Crippen molar-refractivity contribution in [1.29, 1.82) is 0 Å². The molecule has 1 heterocycles. The number of carbonyl (C=O) groups is 2. The molecule has 0 saturated carbocycles. The van der Waals surface area contributed by atoms with Crippen LogP contribution in [0.4, 0.5) is 4.79 Å². The van der Waals surface area contributed by atoms with Crippen molar-refractivity contribution in [2.24, 2.45) is 0 Å². The van der Waals surface area contributed by atoms with E-state index in [4.69, 9.17) is 9.47 Å². The molecule has 1 fully saturated rings. The van der Waals surface area contributed by atoms with Crippen LogP contribution in [0.25, 0.3) is 0 Å². The van der Waals surface area contributed by atoms with Gasteiger partial charge in [-0.05, 0) is 44.9 Å². The van der Waals surface area contributed by atoms with Gasteiger partial charge in [0, 0.05) is 19.5 Å². The minimum Gasteiger partial charge on any atom is -0.497 e. The van der Waals surface area contributed by atoms with Crippen molar-refractivity contribution in [2.45, 2.75) is 51.4 Å². The fraction of sp³-hybridized carbons (Fsp3) is 0.579. The number of aliphatic hydroxyl groups is 1. The summed E-state index contributed by atoms with van der Waals surface area (Å²) in [5, 5.41) is 12.4. The van der Waals surface area contributed by atoms with Gasteiger partial charge < -0.3 is 24.8 Å². The minimum atomic E-state index is -0.761. The predicted molar refractivity (Wildman–Crippen MR) is 97.1 cm³/mol. The summed E-state index contributed by atoms with van der Waals surface area (Å²) in [4.78, 5) is 26.6. The Hall–Kier alpha value is -2.28. The summed E-state index contributed by atoms with van der Waals surface area (Å²) >= 11 is 0. The first-order chi connectivity index (χ1) is 12.2. The summed E-state index contributed by atoms with van der Waals surface area (Å²) in [6.07, 6.45) is -0.270. The third-order valence-electron chi connectivity index (χ3n) is 4.06. The van der Waals surface area contributed by atoms with Crippen LogP contribution in [-0.4, -0.2) is 60.0 Å². The van der Waals surface area contributed by atoms with E-state index in [1.54, 1.807) is 32.8 Å². The molecule has 144 valence electrons. The first kappa shape index (κ1) is 20.0. The van der Waals surface area contributed by atoms with Gasteiger partial charge in [-0.3, -0.25) is 4.79 Å². The van der Waals surface area contributed by atoms with E-state index in [9.17, 15) is 14.7 Å². The quantitative estimate of drug-likeness (QED) is 0.831. The molecule has 2 rings (SSSR count). The number of nitrogens with zero attached hydrogens (tertiary/aromatic N) is 1. The standard InChI is InChI=1S/C19H28N2O5/c1-19(2,3)26-18(24)20-16(17(23)21-10-9-14(22)12-21)11-13-5-7-15(25-4)8-6-13/h5-8,14,16,22H,9-12H2,1-4H3,(H,20,24)/t14-,16-/m1/s1. The summed E-state index contributed by atoms with van der Waals surface area (Å²) in [5.74, 6) is 0.502. The van der Waals surface area contributed by atoms with Gasteiger partial charge in [0.05, 0.1) is 13.2 Å². The highest BCUT2D eigenvalue weighted by atomic mass is 16.6. The number of likely N-dealkylation sites (tertiary alicyclic amines) is 1. The van der Waals surface area contributed by atoms with E-state index in [1.165, 1.54) is 0 Å². The van der Waals surface area contributed by atoms with Gasteiger partial charge in [0.15, 0.2) is 0 Å². The third kappa shape index (κ3) is 5.91. The lowest BCUT2D eigenvalue weighted by Crippen LogP contribution is -2.50. The van der Waals surface area contributed by atoms with Crippen LogP contribution in [0.1, 0.15) is 32.8 Å². The molecule has 1 aromatic rings. The molecule has 26 heavy (non-hydrogen) atoms.